The maximum Gasteiger partial charge on any atom is 0.421 e. The zero-order valence-electron chi connectivity index (χ0n) is 12.0. The van der Waals surface area contributed by atoms with Gasteiger partial charge < -0.3 is 10.5 Å². The lowest BCUT2D eigenvalue weighted by Gasteiger charge is -2.31. The molecule has 0 bridgehead atoms. The van der Waals surface area contributed by atoms with Gasteiger partial charge in [-0.25, -0.2) is 4.98 Å². The summed E-state index contributed by atoms with van der Waals surface area (Å²) in [5.41, 5.74) is 4.28. The predicted molar refractivity (Wildman–Crippen MR) is 73.1 cm³/mol. The van der Waals surface area contributed by atoms with Gasteiger partial charge in [0.1, 0.15) is 5.56 Å². The minimum absolute atomic E-state index is 0.0520. The summed E-state index contributed by atoms with van der Waals surface area (Å²) >= 11 is 0. The molecule has 0 spiro atoms. The number of alkyl halides is 3. The summed E-state index contributed by atoms with van der Waals surface area (Å²) in [6, 6.07) is 2.17. The van der Waals surface area contributed by atoms with Gasteiger partial charge >= 0.3 is 6.18 Å². The monoisotopic (exact) mass is 317 g/mol. The maximum absolute atomic E-state index is 12.8. The van der Waals surface area contributed by atoms with E-state index in [1.54, 1.807) is 0 Å². The molecule has 0 radical (unpaired) electrons. The van der Waals surface area contributed by atoms with Crippen LogP contribution in [-0.4, -0.2) is 42.0 Å². The van der Waals surface area contributed by atoms with Crippen LogP contribution >= 0.6 is 0 Å². The molecule has 2 N–H and O–H groups in total. The van der Waals surface area contributed by atoms with Crippen LogP contribution in [0.15, 0.2) is 18.3 Å². The number of ether oxygens (including phenoxy) is 1. The van der Waals surface area contributed by atoms with Crippen LogP contribution in [0.5, 0.6) is 5.88 Å². The van der Waals surface area contributed by atoms with Crippen molar-refractivity contribution in [2.45, 2.75) is 19.0 Å². The lowest BCUT2D eigenvalue weighted by Crippen LogP contribution is -2.42. The minimum atomic E-state index is -4.49. The molecule has 1 atom stereocenters. The average molecular weight is 317 g/mol. The fourth-order valence-electron chi connectivity index (χ4n) is 2.57. The highest BCUT2D eigenvalue weighted by atomic mass is 19.4. The summed E-state index contributed by atoms with van der Waals surface area (Å²) in [5.74, 6) is -0.760. The van der Waals surface area contributed by atoms with Gasteiger partial charge in [0.2, 0.25) is 11.8 Å². The number of carbonyl (C=O) groups excluding carboxylic acids is 1. The van der Waals surface area contributed by atoms with Crippen LogP contribution < -0.4 is 10.5 Å². The van der Waals surface area contributed by atoms with Crippen LogP contribution in [0.3, 0.4) is 0 Å². The van der Waals surface area contributed by atoms with Crippen LogP contribution in [0.1, 0.15) is 18.4 Å². The molecule has 122 valence electrons. The number of nitrogens with zero attached hydrogens (tertiary/aromatic N) is 2. The summed E-state index contributed by atoms with van der Waals surface area (Å²) in [6.07, 6.45) is -1.53. The normalized spacial score (nSPS) is 19.9. The highest BCUT2D eigenvalue weighted by molar-refractivity contribution is 5.75. The summed E-state index contributed by atoms with van der Waals surface area (Å²) in [5, 5.41) is 0. The molecule has 1 aliphatic heterocycles. The first-order valence-electron chi connectivity index (χ1n) is 7.02. The zero-order chi connectivity index (χ0) is 16.2. The molecule has 8 heteroatoms. The first-order chi connectivity index (χ1) is 10.4. The van der Waals surface area contributed by atoms with Crippen LogP contribution in [0.2, 0.25) is 0 Å². The molecule has 2 heterocycles. The quantitative estimate of drug-likeness (QED) is 0.897. The first-order valence-corrected chi connectivity index (χ1v) is 7.02. The van der Waals surface area contributed by atoms with E-state index in [1.807, 2.05) is 4.90 Å². The lowest BCUT2D eigenvalue weighted by atomic mass is 9.99. The number of nitrogens with two attached hydrogens (primary N) is 1. The smallest absolute Gasteiger partial charge is 0.421 e. The molecule has 1 unspecified atom stereocenters. The van der Waals surface area contributed by atoms with Crippen molar-refractivity contribution in [3.05, 3.63) is 23.9 Å². The number of carbonyl (C=O) groups is 1. The van der Waals surface area contributed by atoms with Crippen molar-refractivity contribution < 1.29 is 22.7 Å². The van der Waals surface area contributed by atoms with Crippen molar-refractivity contribution in [3.8, 4) is 5.88 Å². The number of pyridine rings is 1. The summed E-state index contributed by atoms with van der Waals surface area (Å²) < 4.78 is 43.8. The third kappa shape index (κ3) is 4.59. The minimum Gasteiger partial charge on any atom is -0.477 e. The molecule has 1 amide bonds. The second-order valence-corrected chi connectivity index (χ2v) is 5.37. The largest absolute Gasteiger partial charge is 0.477 e. The van der Waals surface area contributed by atoms with E-state index in [-0.39, 0.29) is 19.1 Å². The molecule has 1 saturated heterocycles. The number of hydrogen-bond acceptors (Lipinski definition) is 4. The summed E-state index contributed by atoms with van der Waals surface area (Å²) in [7, 11) is 0. The number of rotatable bonds is 5. The zero-order valence-corrected chi connectivity index (χ0v) is 12.0. The summed E-state index contributed by atoms with van der Waals surface area (Å²) in [4.78, 5) is 16.5. The van der Waals surface area contributed by atoms with Crippen molar-refractivity contribution in [2.75, 3.05) is 26.2 Å². The van der Waals surface area contributed by atoms with Crippen LogP contribution in [0.25, 0.3) is 0 Å². The Bertz CT molecular complexity index is 522. The van der Waals surface area contributed by atoms with Gasteiger partial charge in [-0.3, -0.25) is 9.69 Å². The molecule has 0 aromatic carbocycles. The molecule has 2 rings (SSSR count). The number of primary amides is 1. The number of likely N-dealkylation sites (tertiary alicyclic amines) is 1. The van der Waals surface area contributed by atoms with Gasteiger partial charge in [0.15, 0.2) is 0 Å². The van der Waals surface area contributed by atoms with Gasteiger partial charge in [0.25, 0.3) is 0 Å². The van der Waals surface area contributed by atoms with Crippen LogP contribution in [0, 0.1) is 5.92 Å². The number of piperidine rings is 1. The molecular formula is C14H18F3N3O2. The highest BCUT2D eigenvalue weighted by Crippen LogP contribution is 2.34. The van der Waals surface area contributed by atoms with E-state index in [0.29, 0.717) is 6.54 Å². The van der Waals surface area contributed by atoms with E-state index in [4.69, 9.17) is 10.5 Å². The standard InChI is InChI=1S/C14H18F3N3O2/c15-14(16,17)11-4-1-5-19-13(11)22-9-10-3-2-6-20(7-10)8-12(18)21/h1,4-5,10H,2-3,6-9H2,(H2,18,21). The van der Waals surface area contributed by atoms with Crippen molar-refractivity contribution >= 4 is 5.91 Å². The van der Waals surface area contributed by atoms with E-state index in [2.05, 4.69) is 4.98 Å². The third-order valence-corrected chi connectivity index (χ3v) is 3.51. The topological polar surface area (TPSA) is 68.5 Å². The van der Waals surface area contributed by atoms with E-state index in [1.165, 1.54) is 12.3 Å². The van der Waals surface area contributed by atoms with E-state index >= 15 is 0 Å². The van der Waals surface area contributed by atoms with Gasteiger partial charge in [-0.1, -0.05) is 0 Å². The number of hydrogen-bond donors (Lipinski definition) is 1. The fourth-order valence-corrected chi connectivity index (χ4v) is 2.57. The molecule has 5 nitrogen and oxygen atoms in total. The highest BCUT2D eigenvalue weighted by Gasteiger charge is 2.35. The lowest BCUT2D eigenvalue weighted by molar-refractivity contribution is -0.139. The molecular weight excluding hydrogens is 299 g/mol. The SMILES string of the molecule is NC(=O)CN1CCCC(COc2ncccc2C(F)(F)F)C1. The third-order valence-electron chi connectivity index (χ3n) is 3.51. The number of aromatic nitrogens is 1. The molecule has 1 aromatic rings. The predicted octanol–water partition coefficient (Wildman–Crippen LogP) is 1.68. The second-order valence-electron chi connectivity index (χ2n) is 5.37. The van der Waals surface area contributed by atoms with Crippen molar-refractivity contribution in [1.82, 2.24) is 9.88 Å². The number of amides is 1. The van der Waals surface area contributed by atoms with E-state index in [0.717, 1.165) is 25.5 Å². The Morgan fingerprint density at radius 2 is 2.27 bits per heavy atom. The van der Waals surface area contributed by atoms with Gasteiger partial charge in [0, 0.05) is 18.7 Å². The Kier molecular flexibility index (Phi) is 5.23. The molecule has 0 saturated carbocycles. The first kappa shape index (κ1) is 16.5. The molecule has 1 aliphatic rings. The van der Waals surface area contributed by atoms with Gasteiger partial charge in [0.05, 0.1) is 13.2 Å². The Morgan fingerprint density at radius 1 is 1.50 bits per heavy atom. The molecule has 1 aromatic heterocycles. The van der Waals surface area contributed by atoms with Crippen molar-refractivity contribution in [2.24, 2.45) is 11.7 Å². The van der Waals surface area contributed by atoms with Crippen molar-refractivity contribution in [3.63, 3.8) is 0 Å². The van der Waals surface area contributed by atoms with Crippen LogP contribution in [-0.2, 0) is 11.0 Å². The van der Waals surface area contributed by atoms with Crippen LogP contribution in [0.4, 0.5) is 13.2 Å². The fraction of sp³-hybridized carbons (Fsp3) is 0.571. The van der Waals surface area contributed by atoms with Gasteiger partial charge in [-0.2, -0.15) is 13.2 Å². The Balaban J connectivity index is 1.94. The van der Waals surface area contributed by atoms with E-state index < -0.39 is 23.5 Å². The Morgan fingerprint density at radius 3 is 2.95 bits per heavy atom. The summed E-state index contributed by atoms with van der Waals surface area (Å²) in [6.45, 7) is 1.64. The van der Waals surface area contributed by atoms with Crippen molar-refractivity contribution in [1.29, 1.82) is 0 Å². The second kappa shape index (κ2) is 6.95. The maximum atomic E-state index is 12.8. The van der Waals surface area contributed by atoms with Gasteiger partial charge in [-0.15, -0.1) is 0 Å². The van der Waals surface area contributed by atoms with Gasteiger partial charge in [-0.05, 0) is 31.5 Å². The number of halogens is 3. The molecule has 0 aliphatic carbocycles. The Hall–Kier alpha value is -1.83. The molecule has 1 fully saturated rings. The molecule has 22 heavy (non-hydrogen) atoms. The Labute approximate surface area is 126 Å². The average Bonchev–Trinajstić information content (AvgIpc) is 2.44. The van der Waals surface area contributed by atoms with E-state index in [9.17, 15) is 18.0 Å².